The van der Waals surface area contributed by atoms with E-state index in [0.29, 0.717) is 34.8 Å². The molecule has 1 aromatic heterocycles. The number of aromatic hydroxyl groups is 1. The van der Waals surface area contributed by atoms with Crippen LogP contribution in [-0.2, 0) is 4.79 Å². The lowest BCUT2D eigenvalue weighted by molar-refractivity contribution is -0.120. The van der Waals surface area contributed by atoms with Crippen molar-refractivity contribution in [2.24, 2.45) is 5.92 Å². The number of benzene rings is 2. The molecule has 0 saturated carbocycles. The Labute approximate surface area is 191 Å². The second kappa shape index (κ2) is 9.70. The van der Waals surface area contributed by atoms with Crippen LogP contribution >= 0.6 is 11.6 Å². The molecule has 32 heavy (non-hydrogen) atoms. The van der Waals surface area contributed by atoms with Gasteiger partial charge in [-0.15, -0.1) is 0 Å². The number of nitrogens with zero attached hydrogens (tertiary/aromatic N) is 2. The molecule has 0 radical (unpaired) electrons. The molecule has 2 amide bonds. The molecule has 1 aliphatic rings. The molecule has 1 fully saturated rings. The van der Waals surface area contributed by atoms with Gasteiger partial charge in [0.15, 0.2) is 0 Å². The van der Waals surface area contributed by atoms with E-state index in [1.54, 1.807) is 42.7 Å². The van der Waals surface area contributed by atoms with E-state index in [1.165, 1.54) is 12.1 Å². The van der Waals surface area contributed by atoms with E-state index >= 15 is 0 Å². The third kappa shape index (κ3) is 5.18. The Morgan fingerprint density at radius 3 is 2.31 bits per heavy atom. The van der Waals surface area contributed by atoms with Crippen molar-refractivity contribution in [1.82, 2.24) is 4.98 Å². The maximum atomic E-state index is 12.9. The van der Waals surface area contributed by atoms with Gasteiger partial charge in [-0.05, 0) is 61.4 Å². The average Bonchev–Trinajstić information content (AvgIpc) is 2.82. The van der Waals surface area contributed by atoms with Crippen LogP contribution in [0.3, 0.4) is 0 Å². The monoisotopic (exact) mass is 450 g/mol. The molecule has 0 spiro atoms. The molecule has 2 heterocycles. The van der Waals surface area contributed by atoms with Crippen molar-refractivity contribution < 1.29 is 14.7 Å². The predicted molar refractivity (Wildman–Crippen MR) is 125 cm³/mol. The minimum absolute atomic E-state index is 0.00250. The molecule has 0 atom stereocenters. The lowest BCUT2D eigenvalue weighted by Gasteiger charge is -2.33. The summed E-state index contributed by atoms with van der Waals surface area (Å²) >= 11 is 5.88. The Bertz CT molecular complexity index is 1100. The van der Waals surface area contributed by atoms with E-state index in [0.717, 1.165) is 18.8 Å². The minimum Gasteiger partial charge on any atom is -0.508 e. The highest BCUT2D eigenvalue weighted by atomic mass is 35.5. The van der Waals surface area contributed by atoms with Crippen molar-refractivity contribution in [1.29, 1.82) is 0 Å². The summed E-state index contributed by atoms with van der Waals surface area (Å²) in [5.74, 6) is -0.631. The fourth-order valence-corrected chi connectivity index (χ4v) is 3.86. The van der Waals surface area contributed by atoms with Crippen LogP contribution < -0.4 is 15.5 Å². The first kappa shape index (κ1) is 21.6. The van der Waals surface area contributed by atoms with Crippen molar-refractivity contribution in [3.05, 3.63) is 77.6 Å². The van der Waals surface area contributed by atoms with Gasteiger partial charge in [0, 0.05) is 53.7 Å². The van der Waals surface area contributed by atoms with E-state index in [-0.39, 0.29) is 23.5 Å². The molecule has 1 aliphatic heterocycles. The molecule has 4 rings (SSSR count). The number of hydrogen-bond acceptors (Lipinski definition) is 5. The molecule has 2 aromatic carbocycles. The van der Waals surface area contributed by atoms with Crippen LogP contribution in [0.15, 0.2) is 67.0 Å². The summed E-state index contributed by atoms with van der Waals surface area (Å²) in [5.41, 5.74) is 2.29. The molecular weight excluding hydrogens is 428 g/mol. The second-order valence-corrected chi connectivity index (χ2v) is 8.08. The van der Waals surface area contributed by atoms with Gasteiger partial charge >= 0.3 is 0 Å². The van der Waals surface area contributed by atoms with Gasteiger partial charge in [0.05, 0.1) is 11.4 Å². The van der Waals surface area contributed by atoms with Crippen LogP contribution in [0.4, 0.5) is 17.1 Å². The van der Waals surface area contributed by atoms with Crippen LogP contribution in [0.2, 0.25) is 5.02 Å². The number of phenolic OH excluding ortho intramolecular Hbond substituents is 1. The predicted octanol–water partition coefficient (Wildman–Crippen LogP) is 4.55. The number of hydrogen-bond donors (Lipinski definition) is 3. The van der Waals surface area contributed by atoms with Gasteiger partial charge in [-0.25, -0.2) is 0 Å². The van der Waals surface area contributed by atoms with Crippen LogP contribution in [0.1, 0.15) is 23.2 Å². The number of pyridine rings is 1. The molecule has 164 valence electrons. The quantitative estimate of drug-likeness (QED) is 0.496. The zero-order valence-corrected chi connectivity index (χ0v) is 18.0. The first-order valence-corrected chi connectivity index (χ1v) is 10.7. The van der Waals surface area contributed by atoms with Crippen molar-refractivity contribution >= 4 is 40.5 Å². The molecule has 3 N–H and O–H groups in total. The number of nitrogens with one attached hydrogen (secondary N) is 2. The maximum Gasteiger partial charge on any atom is 0.255 e. The summed E-state index contributed by atoms with van der Waals surface area (Å²) < 4.78 is 0. The molecule has 3 aromatic rings. The van der Waals surface area contributed by atoms with E-state index in [9.17, 15) is 14.7 Å². The normalized spacial score (nSPS) is 14.1. The minimum atomic E-state index is -0.339. The largest absolute Gasteiger partial charge is 0.508 e. The van der Waals surface area contributed by atoms with Gasteiger partial charge in [-0.2, -0.15) is 0 Å². The van der Waals surface area contributed by atoms with Crippen molar-refractivity contribution in [2.75, 3.05) is 28.6 Å². The van der Waals surface area contributed by atoms with E-state index in [1.807, 2.05) is 12.1 Å². The summed E-state index contributed by atoms with van der Waals surface area (Å²) in [6.45, 7) is 1.53. The number of phenols is 1. The third-order valence-electron chi connectivity index (χ3n) is 5.51. The van der Waals surface area contributed by atoms with Crippen molar-refractivity contribution in [3.8, 4) is 5.75 Å². The number of piperidine rings is 1. The fraction of sp³-hybridized carbons (Fsp3) is 0.208. The molecule has 0 unspecified atom stereocenters. The topological polar surface area (TPSA) is 94.6 Å². The Balaban J connectivity index is 1.41. The summed E-state index contributed by atoms with van der Waals surface area (Å²) in [5, 5.41) is 16.1. The smallest absolute Gasteiger partial charge is 0.255 e. The van der Waals surface area contributed by atoms with Gasteiger partial charge in [0.1, 0.15) is 5.75 Å². The standard InChI is InChI=1S/C24H23ClN4O3/c25-18-3-1-16(2-4-18)23(31)27-21-6-5-20(30)15-22(21)28-24(32)17-9-13-29(14-10-17)19-7-11-26-12-8-19/h1-8,11-12,15,17,30H,9-10,13-14H2,(H,27,31)(H,28,32). The van der Waals surface area contributed by atoms with E-state index in [2.05, 4.69) is 20.5 Å². The Kier molecular flexibility index (Phi) is 6.56. The third-order valence-corrected chi connectivity index (χ3v) is 5.76. The number of amides is 2. The zero-order valence-electron chi connectivity index (χ0n) is 17.3. The molecule has 0 bridgehead atoms. The van der Waals surface area contributed by atoms with Crippen LogP contribution in [0, 0.1) is 5.92 Å². The van der Waals surface area contributed by atoms with Gasteiger partial charge in [-0.1, -0.05) is 11.6 Å². The lowest BCUT2D eigenvalue weighted by Crippen LogP contribution is -2.38. The Morgan fingerprint density at radius 2 is 1.62 bits per heavy atom. The average molecular weight is 451 g/mol. The lowest BCUT2D eigenvalue weighted by atomic mass is 9.95. The highest BCUT2D eigenvalue weighted by Gasteiger charge is 2.26. The van der Waals surface area contributed by atoms with Gasteiger partial charge in [0.25, 0.3) is 5.91 Å². The SMILES string of the molecule is O=C(Nc1ccc(O)cc1NC(=O)C1CCN(c2ccncc2)CC1)c1ccc(Cl)cc1. The first-order valence-electron chi connectivity index (χ1n) is 10.4. The highest BCUT2D eigenvalue weighted by molar-refractivity contribution is 6.30. The molecule has 1 saturated heterocycles. The zero-order chi connectivity index (χ0) is 22.5. The molecule has 7 nitrogen and oxygen atoms in total. The van der Waals surface area contributed by atoms with Crippen molar-refractivity contribution in [3.63, 3.8) is 0 Å². The molecule has 8 heteroatoms. The number of anilines is 3. The molecular formula is C24H23ClN4O3. The summed E-state index contributed by atoms with van der Waals surface area (Å²) in [6, 6.07) is 14.9. The Morgan fingerprint density at radius 1 is 0.938 bits per heavy atom. The van der Waals surface area contributed by atoms with Crippen LogP contribution in [-0.4, -0.2) is 35.0 Å². The van der Waals surface area contributed by atoms with E-state index < -0.39 is 0 Å². The number of aromatic nitrogens is 1. The molecule has 0 aliphatic carbocycles. The highest BCUT2D eigenvalue weighted by Crippen LogP contribution is 2.29. The van der Waals surface area contributed by atoms with Crippen LogP contribution in [0.5, 0.6) is 5.75 Å². The van der Waals surface area contributed by atoms with Gasteiger partial charge in [-0.3, -0.25) is 14.6 Å². The number of carbonyl (C=O) groups excluding carboxylic acids is 2. The van der Waals surface area contributed by atoms with Gasteiger partial charge in [0.2, 0.25) is 5.91 Å². The second-order valence-electron chi connectivity index (χ2n) is 7.65. The summed E-state index contributed by atoms with van der Waals surface area (Å²) in [4.78, 5) is 31.8. The summed E-state index contributed by atoms with van der Waals surface area (Å²) in [6.07, 6.45) is 4.94. The summed E-state index contributed by atoms with van der Waals surface area (Å²) in [7, 11) is 0. The number of halogens is 1. The Hall–Kier alpha value is -3.58. The maximum absolute atomic E-state index is 12.9. The van der Waals surface area contributed by atoms with Crippen LogP contribution in [0.25, 0.3) is 0 Å². The first-order chi connectivity index (χ1) is 15.5. The number of rotatable bonds is 5. The van der Waals surface area contributed by atoms with Gasteiger partial charge < -0.3 is 20.6 Å². The number of carbonyl (C=O) groups is 2. The van der Waals surface area contributed by atoms with E-state index in [4.69, 9.17) is 11.6 Å². The van der Waals surface area contributed by atoms with Crippen molar-refractivity contribution in [2.45, 2.75) is 12.8 Å². The fourth-order valence-electron chi connectivity index (χ4n) is 3.73.